The molecule has 8 rings (SSSR count). The highest BCUT2D eigenvalue weighted by Crippen LogP contribution is 2.82. The number of fused-ring (bicyclic) bond motifs is 1. The van der Waals surface area contributed by atoms with Gasteiger partial charge in [0, 0.05) is 11.8 Å². The van der Waals surface area contributed by atoms with E-state index < -0.39 is 29.1 Å². The minimum Gasteiger partial charge on any atom is -0.465 e. The number of benzene rings is 3. The third-order valence-electron chi connectivity index (χ3n) is 9.31. The Balaban J connectivity index is 1.27. The van der Waals surface area contributed by atoms with E-state index in [4.69, 9.17) is 18.9 Å². The SMILES string of the molecule is CCOC(=O)[C@]12[C@H](C3O[C@@H](c4ccccc4)[C@H](c4ccccc4)O3)[C@@H]3CC[C@@]1(OCc1ccccc1)[C@@H]2C3=O. The summed E-state index contributed by atoms with van der Waals surface area (Å²) in [6.45, 7) is 2.36. The van der Waals surface area contributed by atoms with Crippen LogP contribution in [0.25, 0.3) is 0 Å². The van der Waals surface area contributed by atoms with Crippen molar-refractivity contribution in [1.29, 1.82) is 0 Å². The fourth-order valence-electron chi connectivity index (χ4n) is 7.78. The van der Waals surface area contributed by atoms with E-state index in [1.54, 1.807) is 6.92 Å². The number of esters is 1. The summed E-state index contributed by atoms with van der Waals surface area (Å²) in [6.07, 6.45) is -0.194. The van der Waals surface area contributed by atoms with Crippen molar-refractivity contribution in [3.63, 3.8) is 0 Å². The molecule has 0 aromatic heterocycles. The Morgan fingerprint density at radius 3 is 2.00 bits per heavy atom. The highest BCUT2D eigenvalue weighted by molar-refractivity contribution is 6.05. The van der Waals surface area contributed by atoms with E-state index in [-0.39, 0.29) is 36.5 Å². The first-order valence-electron chi connectivity index (χ1n) is 13.9. The average molecular weight is 525 g/mol. The number of rotatable bonds is 8. The minimum absolute atomic E-state index is 0.0824. The Labute approximate surface area is 228 Å². The molecule has 0 N–H and O–H groups in total. The van der Waals surface area contributed by atoms with Crippen LogP contribution in [-0.4, -0.2) is 30.3 Å². The summed E-state index contributed by atoms with van der Waals surface area (Å²) < 4.78 is 25.7. The molecule has 6 heteroatoms. The lowest BCUT2D eigenvalue weighted by atomic mass is 9.69. The molecule has 4 aliphatic carbocycles. The molecule has 7 atom stereocenters. The van der Waals surface area contributed by atoms with E-state index in [0.717, 1.165) is 16.7 Å². The smallest absolute Gasteiger partial charge is 0.316 e. The molecule has 6 nitrogen and oxygen atoms in total. The molecule has 0 spiro atoms. The van der Waals surface area contributed by atoms with Gasteiger partial charge in [-0.05, 0) is 36.5 Å². The first-order chi connectivity index (χ1) is 19.1. The second-order valence-corrected chi connectivity index (χ2v) is 11.1. The molecule has 1 saturated heterocycles. The standard InChI is InChI=1S/C33H32O6/c1-2-36-31(35)33-25(24-18-19-32(33,29(33)26(24)34)37-20-21-12-6-3-7-13-21)30-38-27(22-14-8-4-9-15-22)28(39-30)23-16-10-5-11-17-23/h3-17,24-25,27-30H,2,18-20H2,1H3/t24-,25-,27-,28-,29-,32+,33+/m0/s1. The van der Waals surface area contributed by atoms with Gasteiger partial charge in [-0.15, -0.1) is 0 Å². The maximum atomic E-state index is 13.9. The predicted molar refractivity (Wildman–Crippen MR) is 142 cm³/mol. The Morgan fingerprint density at radius 2 is 1.44 bits per heavy atom. The summed E-state index contributed by atoms with van der Waals surface area (Å²) in [7, 11) is 0. The van der Waals surface area contributed by atoms with E-state index in [9.17, 15) is 9.59 Å². The third kappa shape index (κ3) is 3.51. The van der Waals surface area contributed by atoms with Crippen LogP contribution in [0.15, 0.2) is 91.0 Å². The molecule has 3 aromatic carbocycles. The van der Waals surface area contributed by atoms with Crippen molar-refractivity contribution in [3.05, 3.63) is 108 Å². The average Bonchev–Trinajstić information content (AvgIpc) is 3.24. The Bertz CT molecular complexity index is 1310. The van der Waals surface area contributed by atoms with Gasteiger partial charge in [-0.25, -0.2) is 0 Å². The first-order valence-corrected chi connectivity index (χ1v) is 13.9. The lowest BCUT2D eigenvalue weighted by Gasteiger charge is -2.41. The quantitative estimate of drug-likeness (QED) is 0.358. The van der Waals surface area contributed by atoms with Crippen LogP contribution in [0.4, 0.5) is 0 Å². The van der Waals surface area contributed by atoms with E-state index in [1.165, 1.54) is 0 Å². The molecule has 5 aliphatic rings. The van der Waals surface area contributed by atoms with E-state index in [2.05, 4.69) is 0 Å². The zero-order valence-corrected chi connectivity index (χ0v) is 21.9. The zero-order chi connectivity index (χ0) is 26.6. The van der Waals surface area contributed by atoms with Crippen LogP contribution in [-0.2, 0) is 35.1 Å². The molecular weight excluding hydrogens is 492 g/mol. The van der Waals surface area contributed by atoms with Crippen molar-refractivity contribution in [2.45, 2.75) is 50.5 Å². The number of carbonyl (C=O) groups is 2. The summed E-state index contributed by atoms with van der Waals surface area (Å²) in [5.74, 6) is -1.61. The molecule has 1 heterocycles. The van der Waals surface area contributed by atoms with Crippen LogP contribution >= 0.6 is 0 Å². The van der Waals surface area contributed by atoms with Crippen LogP contribution < -0.4 is 0 Å². The topological polar surface area (TPSA) is 71.1 Å². The molecule has 39 heavy (non-hydrogen) atoms. The second kappa shape index (κ2) is 9.40. The third-order valence-corrected chi connectivity index (χ3v) is 9.31. The Hall–Kier alpha value is -3.32. The first kappa shape index (κ1) is 24.7. The summed E-state index contributed by atoms with van der Waals surface area (Å²) in [5, 5.41) is 0. The number of ketones is 1. The molecule has 0 unspecified atom stereocenters. The van der Waals surface area contributed by atoms with E-state index >= 15 is 0 Å². The Morgan fingerprint density at radius 1 is 0.872 bits per heavy atom. The predicted octanol–water partition coefficient (Wildman–Crippen LogP) is 5.59. The summed E-state index contributed by atoms with van der Waals surface area (Å²) in [4.78, 5) is 27.7. The molecule has 0 amide bonds. The molecule has 5 fully saturated rings. The van der Waals surface area contributed by atoms with Gasteiger partial charge >= 0.3 is 5.97 Å². The fourth-order valence-corrected chi connectivity index (χ4v) is 7.78. The van der Waals surface area contributed by atoms with E-state index in [1.807, 2.05) is 91.0 Å². The number of hydrogen-bond donors (Lipinski definition) is 0. The van der Waals surface area contributed by atoms with Gasteiger partial charge < -0.3 is 18.9 Å². The van der Waals surface area contributed by atoms with Crippen molar-refractivity contribution >= 4 is 11.8 Å². The summed E-state index contributed by atoms with van der Waals surface area (Å²) in [5.41, 5.74) is 0.996. The maximum Gasteiger partial charge on any atom is 0.316 e. The monoisotopic (exact) mass is 524 g/mol. The van der Waals surface area contributed by atoms with Gasteiger partial charge in [-0.2, -0.15) is 0 Å². The molecule has 0 radical (unpaired) electrons. The van der Waals surface area contributed by atoms with E-state index in [0.29, 0.717) is 19.4 Å². The van der Waals surface area contributed by atoms with Crippen molar-refractivity contribution in [2.75, 3.05) is 6.61 Å². The van der Waals surface area contributed by atoms with Gasteiger partial charge in [0.2, 0.25) is 0 Å². The van der Waals surface area contributed by atoms with Gasteiger partial charge in [-0.1, -0.05) is 91.0 Å². The van der Waals surface area contributed by atoms with Crippen LogP contribution in [0, 0.1) is 23.2 Å². The highest BCUT2D eigenvalue weighted by atomic mass is 16.7. The lowest BCUT2D eigenvalue weighted by molar-refractivity contribution is -0.192. The van der Waals surface area contributed by atoms with Crippen molar-refractivity contribution in [2.24, 2.45) is 23.2 Å². The van der Waals surface area contributed by atoms with Gasteiger partial charge in [0.25, 0.3) is 0 Å². The van der Waals surface area contributed by atoms with Crippen LogP contribution in [0.3, 0.4) is 0 Å². The number of Topliss-reactive ketones (excluding diaryl/α,β-unsaturated/α-hetero) is 1. The van der Waals surface area contributed by atoms with Crippen molar-refractivity contribution in [3.8, 4) is 0 Å². The molecule has 1 aliphatic heterocycles. The summed E-state index contributed by atoms with van der Waals surface area (Å²) >= 11 is 0. The molecule has 3 aromatic rings. The minimum atomic E-state index is -1.10. The Kier molecular flexibility index (Phi) is 5.96. The van der Waals surface area contributed by atoms with Crippen molar-refractivity contribution < 1.29 is 28.5 Å². The normalized spacial score (nSPS) is 34.7. The largest absolute Gasteiger partial charge is 0.465 e. The maximum absolute atomic E-state index is 13.9. The molecule has 200 valence electrons. The van der Waals surface area contributed by atoms with Gasteiger partial charge in [0.15, 0.2) is 6.29 Å². The molecular formula is C33H32O6. The number of carbonyl (C=O) groups excluding carboxylic acids is 2. The van der Waals surface area contributed by atoms with Crippen LogP contribution in [0.2, 0.25) is 0 Å². The lowest BCUT2D eigenvalue weighted by Crippen LogP contribution is -2.50. The zero-order valence-electron chi connectivity index (χ0n) is 21.9. The summed E-state index contributed by atoms with van der Waals surface area (Å²) in [6, 6.07) is 29.9. The van der Waals surface area contributed by atoms with Gasteiger partial charge in [0.05, 0.1) is 24.7 Å². The van der Waals surface area contributed by atoms with Crippen molar-refractivity contribution in [1.82, 2.24) is 0 Å². The van der Waals surface area contributed by atoms with Crippen LogP contribution in [0.1, 0.15) is 48.7 Å². The fraction of sp³-hybridized carbons (Fsp3) is 0.394. The second-order valence-electron chi connectivity index (χ2n) is 11.1. The molecule has 4 bridgehead atoms. The number of ether oxygens (including phenoxy) is 4. The number of hydrogen-bond acceptors (Lipinski definition) is 6. The van der Waals surface area contributed by atoms with Gasteiger partial charge in [0.1, 0.15) is 23.4 Å². The molecule has 4 saturated carbocycles. The van der Waals surface area contributed by atoms with Crippen LogP contribution in [0.5, 0.6) is 0 Å². The highest BCUT2D eigenvalue weighted by Gasteiger charge is 2.95. The van der Waals surface area contributed by atoms with Gasteiger partial charge in [-0.3, -0.25) is 9.59 Å².